The van der Waals surface area contributed by atoms with Gasteiger partial charge >= 0.3 is 0 Å². The van der Waals surface area contributed by atoms with E-state index in [1.165, 1.54) is 6.07 Å². The third-order valence-corrected chi connectivity index (χ3v) is 3.28. The maximum Gasteiger partial charge on any atom is 0.142 e. The van der Waals surface area contributed by atoms with Gasteiger partial charge in [-0.2, -0.15) is 5.26 Å². The highest BCUT2D eigenvalue weighted by atomic mass is 35.5. The van der Waals surface area contributed by atoms with Crippen LogP contribution in [0.3, 0.4) is 0 Å². The molecule has 0 unspecified atom stereocenters. The molecule has 0 aliphatic heterocycles. The minimum Gasteiger partial charge on any atom is -0.370 e. The smallest absolute Gasteiger partial charge is 0.142 e. The summed E-state index contributed by atoms with van der Waals surface area (Å²) in [6.07, 6.45) is 0. The molecule has 0 aliphatic rings. The molecule has 2 aromatic rings. The number of hydrogen-bond donors (Lipinski definition) is 0. The monoisotopic (exact) mass is 274 g/mol. The number of nitriles is 1. The van der Waals surface area contributed by atoms with Crippen molar-refractivity contribution in [1.82, 2.24) is 0 Å². The second kappa shape index (κ2) is 5.73. The minimum absolute atomic E-state index is 0.144. The van der Waals surface area contributed by atoms with E-state index in [0.29, 0.717) is 17.7 Å². The summed E-state index contributed by atoms with van der Waals surface area (Å²) in [5.74, 6) is -0.418. The first-order chi connectivity index (χ1) is 9.11. The molecular weight excluding hydrogens is 263 g/mol. The molecule has 0 bridgehead atoms. The summed E-state index contributed by atoms with van der Waals surface area (Å²) in [6.45, 7) is 0.478. The van der Waals surface area contributed by atoms with Crippen molar-refractivity contribution in [2.75, 3.05) is 11.9 Å². The van der Waals surface area contributed by atoms with Gasteiger partial charge in [-0.15, -0.1) is 0 Å². The van der Waals surface area contributed by atoms with Crippen LogP contribution in [0, 0.1) is 17.1 Å². The number of anilines is 1. The van der Waals surface area contributed by atoms with Crippen LogP contribution >= 0.6 is 11.6 Å². The number of hydrogen-bond acceptors (Lipinski definition) is 2. The molecule has 2 nitrogen and oxygen atoms in total. The summed E-state index contributed by atoms with van der Waals surface area (Å²) in [7, 11) is 1.87. The van der Waals surface area contributed by atoms with Gasteiger partial charge in [0.05, 0.1) is 16.7 Å². The third kappa shape index (κ3) is 3.04. The van der Waals surface area contributed by atoms with Gasteiger partial charge in [0.1, 0.15) is 5.82 Å². The predicted octanol–water partition coefficient (Wildman–Crippen LogP) is 3.99. The molecule has 2 aromatic carbocycles. The van der Waals surface area contributed by atoms with Crippen LogP contribution in [0.15, 0.2) is 42.5 Å². The fourth-order valence-electron chi connectivity index (χ4n) is 1.83. The molecule has 4 heteroatoms. The van der Waals surface area contributed by atoms with Crippen LogP contribution in [0.25, 0.3) is 0 Å². The molecule has 96 valence electrons. The standard InChI is InChI=1S/C15H12ClFN2/c1-19(13-6-2-4-11(8-13)9-18)10-12-5-3-7-14(17)15(12)16/h2-8H,10H2,1H3. The first-order valence-electron chi connectivity index (χ1n) is 5.76. The van der Waals surface area contributed by atoms with E-state index >= 15 is 0 Å². The molecule has 0 fully saturated rings. The number of nitrogens with zero attached hydrogens (tertiary/aromatic N) is 2. The Kier molecular flexibility index (Phi) is 4.03. The van der Waals surface area contributed by atoms with Gasteiger partial charge in [0.25, 0.3) is 0 Å². The van der Waals surface area contributed by atoms with E-state index in [2.05, 4.69) is 6.07 Å². The normalized spacial score (nSPS) is 10.0. The number of rotatable bonds is 3. The molecule has 0 saturated carbocycles. The van der Waals surface area contributed by atoms with Crippen LogP contribution in [0.5, 0.6) is 0 Å². The topological polar surface area (TPSA) is 27.0 Å². The Labute approximate surface area is 116 Å². The Morgan fingerprint density at radius 2 is 2.00 bits per heavy atom. The average molecular weight is 275 g/mol. The van der Waals surface area contributed by atoms with Gasteiger partial charge in [-0.3, -0.25) is 0 Å². The SMILES string of the molecule is CN(Cc1cccc(F)c1Cl)c1cccc(C#N)c1. The molecular formula is C15H12ClFN2. The number of halogens is 2. The van der Waals surface area contributed by atoms with Gasteiger partial charge in [-0.1, -0.05) is 29.8 Å². The molecule has 0 saturated heterocycles. The first kappa shape index (κ1) is 13.4. The highest BCUT2D eigenvalue weighted by Gasteiger charge is 2.09. The summed E-state index contributed by atoms with van der Waals surface area (Å²) < 4.78 is 13.4. The van der Waals surface area contributed by atoms with Gasteiger partial charge in [0, 0.05) is 19.3 Å². The number of benzene rings is 2. The van der Waals surface area contributed by atoms with Gasteiger partial charge in [0.15, 0.2) is 0 Å². The second-order valence-corrected chi connectivity index (χ2v) is 4.61. The fraction of sp³-hybridized carbons (Fsp3) is 0.133. The van der Waals surface area contributed by atoms with Crippen molar-refractivity contribution >= 4 is 17.3 Å². The highest BCUT2D eigenvalue weighted by molar-refractivity contribution is 6.31. The Hall–Kier alpha value is -2.05. The fourth-order valence-corrected chi connectivity index (χ4v) is 2.02. The van der Waals surface area contributed by atoms with Crippen molar-refractivity contribution in [2.45, 2.75) is 6.54 Å². The van der Waals surface area contributed by atoms with E-state index in [-0.39, 0.29) is 5.02 Å². The van der Waals surface area contributed by atoms with E-state index in [1.54, 1.807) is 24.3 Å². The zero-order valence-electron chi connectivity index (χ0n) is 10.4. The van der Waals surface area contributed by atoms with Crippen molar-refractivity contribution in [2.24, 2.45) is 0 Å². The van der Waals surface area contributed by atoms with Crippen LogP contribution in [-0.2, 0) is 6.54 Å². The molecule has 0 atom stereocenters. The summed E-state index contributed by atoms with van der Waals surface area (Å²) in [5.41, 5.74) is 2.19. The lowest BCUT2D eigenvalue weighted by molar-refractivity contribution is 0.625. The maximum atomic E-state index is 13.4. The lowest BCUT2D eigenvalue weighted by atomic mass is 10.1. The Morgan fingerprint density at radius 1 is 1.26 bits per heavy atom. The minimum atomic E-state index is -0.418. The average Bonchev–Trinajstić information content (AvgIpc) is 2.44. The van der Waals surface area contributed by atoms with Crippen molar-refractivity contribution in [3.8, 4) is 6.07 Å². The van der Waals surface area contributed by atoms with Crippen LogP contribution in [0.4, 0.5) is 10.1 Å². The molecule has 0 aliphatic carbocycles. The predicted molar refractivity (Wildman–Crippen MR) is 74.7 cm³/mol. The van der Waals surface area contributed by atoms with Gasteiger partial charge in [-0.25, -0.2) is 4.39 Å². The molecule has 0 heterocycles. The summed E-state index contributed by atoms with van der Waals surface area (Å²) in [6, 6.07) is 14.1. The van der Waals surface area contributed by atoms with E-state index < -0.39 is 5.82 Å². The molecule has 0 amide bonds. The van der Waals surface area contributed by atoms with E-state index in [0.717, 1.165) is 5.69 Å². The van der Waals surface area contributed by atoms with Crippen LogP contribution in [-0.4, -0.2) is 7.05 Å². The quantitative estimate of drug-likeness (QED) is 0.846. The van der Waals surface area contributed by atoms with Gasteiger partial charge < -0.3 is 4.90 Å². The van der Waals surface area contributed by atoms with E-state index in [1.807, 2.05) is 24.1 Å². The van der Waals surface area contributed by atoms with Crippen molar-refractivity contribution < 1.29 is 4.39 Å². The zero-order chi connectivity index (χ0) is 13.8. The molecule has 2 rings (SSSR count). The maximum absolute atomic E-state index is 13.4. The molecule has 0 aromatic heterocycles. The summed E-state index contributed by atoms with van der Waals surface area (Å²) >= 11 is 5.93. The Morgan fingerprint density at radius 3 is 2.74 bits per heavy atom. The summed E-state index contributed by atoms with van der Waals surface area (Å²) in [5, 5.41) is 9.02. The molecule has 0 N–H and O–H groups in total. The first-order valence-corrected chi connectivity index (χ1v) is 6.14. The third-order valence-electron chi connectivity index (χ3n) is 2.86. The Balaban J connectivity index is 2.23. The van der Waals surface area contributed by atoms with Gasteiger partial charge in [-0.05, 0) is 29.8 Å². The van der Waals surface area contributed by atoms with Crippen molar-refractivity contribution in [1.29, 1.82) is 5.26 Å². The molecule has 19 heavy (non-hydrogen) atoms. The largest absolute Gasteiger partial charge is 0.370 e. The van der Waals surface area contributed by atoms with Crippen molar-refractivity contribution in [3.63, 3.8) is 0 Å². The zero-order valence-corrected chi connectivity index (χ0v) is 11.2. The highest BCUT2D eigenvalue weighted by Crippen LogP contribution is 2.23. The van der Waals surface area contributed by atoms with Crippen LogP contribution in [0.1, 0.15) is 11.1 Å². The van der Waals surface area contributed by atoms with Crippen LogP contribution in [0.2, 0.25) is 5.02 Å². The van der Waals surface area contributed by atoms with E-state index in [9.17, 15) is 4.39 Å². The van der Waals surface area contributed by atoms with Crippen LogP contribution < -0.4 is 4.90 Å². The molecule has 0 radical (unpaired) electrons. The van der Waals surface area contributed by atoms with E-state index in [4.69, 9.17) is 16.9 Å². The second-order valence-electron chi connectivity index (χ2n) is 4.23. The summed E-state index contributed by atoms with van der Waals surface area (Å²) in [4.78, 5) is 1.92. The van der Waals surface area contributed by atoms with Crippen molar-refractivity contribution in [3.05, 3.63) is 64.4 Å². The van der Waals surface area contributed by atoms with Gasteiger partial charge in [0.2, 0.25) is 0 Å². The Bertz CT molecular complexity index is 634. The lowest BCUT2D eigenvalue weighted by Crippen LogP contribution is -2.16. The lowest BCUT2D eigenvalue weighted by Gasteiger charge is -2.20. The molecule has 0 spiro atoms.